The van der Waals surface area contributed by atoms with Crippen molar-refractivity contribution in [3.05, 3.63) is 48.8 Å². The van der Waals surface area contributed by atoms with Crippen LogP contribution in [-0.4, -0.2) is 53.9 Å². The SMILES string of the molecule is N#CCCN1CCC(Nc2c(NC(=O)C3CC3)cnc3c2ccn3S(=O)(=O)c2ccccc2)CC1. The van der Waals surface area contributed by atoms with Crippen LogP contribution in [0.4, 0.5) is 11.4 Å². The Morgan fingerprint density at radius 3 is 2.54 bits per heavy atom. The number of nitrogens with zero attached hydrogens (tertiary/aromatic N) is 4. The number of hydrogen-bond donors (Lipinski definition) is 2. The molecule has 1 aromatic carbocycles. The number of nitriles is 1. The number of carbonyl (C=O) groups excluding carboxylic acids is 1. The molecule has 1 amide bonds. The topological polar surface area (TPSA) is 120 Å². The molecule has 1 aliphatic heterocycles. The van der Waals surface area contributed by atoms with Gasteiger partial charge >= 0.3 is 0 Å². The third-order valence-corrected chi connectivity index (χ3v) is 8.34. The highest BCUT2D eigenvalue weighted by molar-refractivity contribution is 7.90. The molecule has 0 bridgehead atoms. The van der Waals surface area contributed by atoms with Gasteiger partial charge in [-0.05, 0) is 43.9 Å². The Labute approximate surface area is 204 Å². The van der Waals surface area contributed by atoms with Gasteiger partial charge in [0.1, 0.15) is 0 Å². The lowest BCUT2D eigenvalue weighted by Gasteiger charge is -2.33. The minimum atomic E-state index is -3.82. The quantitative estimate of drug-likeness (QED) is 0.494. The van der Waals surface area contributed by atoms with Crippen molar-refractivity contribution in [2.75, 3.05) is 30.3 Å². The van der Waals surface area contributed by atoms with Crippen LogP contribution >= 0.6 is 0 Å². The molecule has 1 saturated heterocycles. The van der Waals surface area contributed by atoms with Crippen molar-refractivity contribution in [1.82, 2.24) is 13.9 Å². The second-order valence-corrected chi connectivity index (χ2v) is 11.0. The molecule has 0 radical (unpaired) electrons. The number of benzene rings is 1. The number of piperidine rings is 1. The van der Waals surface area contributed by atoms with Crippen molar-refractivity contribution in [2.45, 2.75) is 43.0 Å². The summed E-state index contributed by atoms with van der Waals surface area (Å²) in [5.74, 6) is 0.00170. The second-order valence-electron chi connectivity index (χ2n) is 9.15. The van der Waals surface area contributed by atoms with Crippen molar-refractivity contribution in [2.24, 2.45) is 5.92 Å². The van der Waals surface area contributed by atoms with Gasteiger partial charge in [-0.3, -0.25) is 4.79 Å². The largest absolute Gasteiger partial charge is 0.380 e. The van der Waals surface area contributed by atoms with Gasteiger partial charge in [0.05, 0.1) is 28.5 Å². The molecule has 3 heterocycles. The van der Waals surface area contributed by atoms with Gasteiger partial charge in [-0.15, -0.1) is 0 Å². The molecule has 182 valence electrons. The minimum Gasteiger partial charge on any atom is -0.380 e. The van der Waals surface area contributed by atoms with Gasteiger partial charge in [0.25, 0.3) is 10.0 Å². The van der Waals surface area contributed by atoms with Gasteiger partial charge in [0.15, 0.2) is 5.65 Å². The molecule has 1 saturated carbocycles. The Hall–Kier alpha value is -3.42. The van der Waals surface area contributed by atoms with Gasteiger partial charge in [0.2, 0.25) is 5.91 Å². The van der Waals surface area contributed by atoms with E-state index in [1.54, 1.807) is 42.6 Å². The van der Waals surface area contributed by atoms with Crippen molar-refractivity contribution in [1.29, 1.82) is 5.26 Å². The molecular formula is C25H28N6O3S. The highest BCUT2D eigenvalue weighted by Crippen LogP contribution is 2.36. The molecule has 9 nitrogen and oxygen atoms in total. The summed E-state index contributed by atoms with van der Waals surface area (Å²) in [5, 5.41) is 16.1. The first-order chi connectivity index (χ1) is 17.0. The standard InChI is InChI=1S/C25H28N6O3S/c26-12-4-13-30-14-9-19(10-15-30)28-23-21-11-16-31(35(33,34)20-5-2-1-3-6-20)24(21)27-17-22(23)29-25(32)18-7-8-18/h1-3,5-6,11,16-19H,4,7-10,13-15H2,(H,27,28)(H,29,32). The average Bonchev–Trinajstić information content (AvgIpc) is 3.64. The highest BCUT2D eigenvalue weighted by Gasteiger charge is 2.31. The summed E-state index contributed by atoms with van der Waals surface area (Å²) in [5.41, 5.74) is 1.57. The predicted octanol–water partition coefficient (Wildman–Crippen LogP) is 3.41. The fraction of sp³-hybridized carbons (Fsp3) is 0.400. The normalized spacial score (nSPS) is 17.2. The Balaban J connectivity index is 1.47. The van der Waals surface area contributed by atoms with Crippen LogP contribution in [0.5, 0.6) is 0 Å². The van der Waals surface area contributed by atoms with E-state index >= 15 is 0 Å². The fourth-order valence-electron chi connectivity index (χ4n) is 4.51. The highest BCUT2D eigenvalue weighted by atomic mass is 32.2. The zero-order valence-electron chi connectivity index (χ0n) is 19.4. The number of nitrogens with one attached hydrogen (secondary N) is 2. The van der Waals surface area contributed by atoms with E-state index in [1.807, 2.05) is 0 Å². The summed E-state index contributed by atoms with van der Waals surface area (Å²) in [6.07, 6.45) is 7.12. The number of amides is 1. The van der Waals surface area contributed by atoms with Crippen molar-refractivity contribution >= 4 is 38.3 Å². The van der Waals surface area contributed by atoms with Gasteiger partial charge in [-0.25, -0.2) is 17.4 Å². The van der Waals surface area contributed by atoms with E-state index in [0.717, 1.165) is 45.3 Å². The number of hydrogen-bond acceptors (Lipinski definition) is 7. The molecule has 5 rings (SSSR count). The van der Waals surface area contributed by atoms with E-state index in [1.165, 1.54) is 10.2 Å². The smallest absolute Gasteiger partial charge is 0.269 e. The molecule has 10 heteroatoms. The number of anilines is 2. The summed E-state index contributed by atoms with van der Waals surface area (Å²) in [6, 6.07) is 12.4. The van der Waals surface area contributed by atoms with E-state index in [2.05, 4.69) is 26.6 Å². The summed E-state index contributed by atoms with van der Waals surface area (Å²) in [6.45, 7) is 2.52. The third kappa shape index (κ3) is 4.88. The fourth-order valence-corrected chi connectivity index (χ4v) is 5.83. The molecule has 0 atom stereocenters. The summed E-state index contributed by atoms with van der Waals surface area (Å²) < 4.78 is 27.8. The predicted molar refractivity (Wildman–Crippen MR) is 133 cm³/mol. The van der Waals surface area contributed by atoms with Crippen molar-refractivity contribution in [3.63, 3.8) is 0 Å². The molecule has 0 unspecified atom stereocenters. The molecule has 0 spiro atoms. The maximum atomic E-state index is 13.3. The number of likely N-dealkylation sites (tertiary alicyclic amines) is 1. The van der Waals surface area contributed by atoms with Gasteiger partial charge in [-0.2, -0.15) is 5.26 Å². The molecule has 35 heavy (non-hydrogen) atoms. The van der Waals surface area contributed by atoms with Crippen molar-refractivity contribution in [3.8, 4) is 6.07 Å². The zero-order valence-corrected chi connectivity index (χ0v) is 20.2. The maximum absolute atomic E-state index is 13.3. The number of pyridine rings is 1. The van der Waals surface area contributed by atoms with E-state index in [-0.39, 0.29) is 22.8 Å². The monoisotopic (exact) mass is 492 g/mol. The Kier molecular flexibility index (Phi) is 6.45. The van der Waals surface area contributed by atoms with Crippen LogP contribution in [0.2, 0.25) is 0 Å². The average molecular weight is 493 g/mol. The van der Waals surface area contributed by atoms with E-state index < -0.39 is 10.0 Å². The zero-order chi connectivity index (χ0) is 24.4. The summed E-state index contributed by atoms with van der Waals surface area (Å²) in [7, 11) is -3.82. The van der Waals surface area contributed by atoms with Crippen LogP contribution in [0.1, 0.15) is 32.1 Å². The Morgan fingerprint density at radius 2 is 1.86 bits per heavy atom. The van der Waals surface area contributed by atoms with E-state index in [4.69, 9.17) is 5.26 Å². The van der Waals surface area contributed by atoms with Crippen LogP contribution in [-0.2, 0) is 14.8 Å². The van der Waals surface area contributed by atoms with Crippen LogP contribution in [0, 0.1) is 17.2 Å². The van der Waals surface area contributed by atoms with Crippen molar-refractivity contribution < 1.29 is 13.2 Å². The molecule has 2 fully saturated rings. The molecule has 2 N–H and O–H groups in total. The third-order valence-electron chi connectivity index (χ3n) is 6.66. The molecule has 1 aliphatic carbocycles. The van der Waals surface area contributed by atoms with Crippen LogP contribution in [0.3, 0.4) is 0 Å². The molecular weight excluding hydrogens is 464 g/mol. The number of carbonyl (C=O) groups is 1. The first-order valence-electron chi connectivity index (χ1n) is 11.9. The molecule has 2 aliphatic rings. The Morgan fingerprint density at radius 1 is 1.11 bits per heavy atom. The van der Waals surface area contributed by atoms with E-state index in [9.17, 15) is 13.2 Å². The molecule has 2 aromatic heterocycles. The lowest BCUT2D eigenvalue weighted by Crippen LogP contribution is -2.39. The first-order valence-corrected chi connectivity index (χ1v) is 13.4. The van der Waals surface area contributed by atoms with Crippen LogP contribution < -0.4 is 10.6 Å². The summed E-state index contributed by atoms with van der Waals surface area (Å²) in [4.78, 5) is 19.5. The lowest BCUT2D eigenvalue weighted by atomic mass is 10.0. The lowest BCUT2D eigenvalue weighted by molar-refractivity contribution is -0.117. The number of fused-ring (bicyclic) bond motifs is 1. The number of aromatic nitrogens is 2. The van der Waals surface area contributed by atoms with Gasteiger partial charge < -0.3 is 15.5 Å². The second kappa shape index (κ2) is 9.68. The van der Waals surface area contributed by atoms with Crippen LogP contribution in [0.25, 0.3) is 11.0 Å². The molecule has 3 aromatic rings. The van der Waals surface area contributed by atoms with E-state index in [0.29, 0.717) is 28.8 Å². The maximum Gasteiger partial charge on any atom is 0.269 e. The van der Waals surface area contributed by atoms with Crippen LogP contribution in [0.15, 0.2) is 53.7 Å². The summed E-state index contributed by atoms with van der Waals surface area (Å²) >= 11 is 0. The van der Waals surface area contributed by atoms with Gasteiger partial charge in [0, 0.05) is 49.6 Å². The van der Waals surface area contributed by atoms with Gasteiger partial charge in [-0.1, -0.05) is 18.2 Å². The number of rotatable bonds is 8. The minimum absolute atomic E-state index is 0.0307. The Bertz CT molecular complexity index is 1370. The first kappa shape index (κ1) is 23.3.